The van der Waals surface area contributed by atoms with E-state index in [1.165, 1.54) is 25.7 Å². The Morgan fingerprint density at radius 3 is 2.54 bits per heavy atom. The molecule has 144 valence electrons. The quantitative estimate of drug-likeness (QED) is 0.838. The van der Waals surface area contributed by atoms with Gasteiger partial charge in [0, 0.05) is 26.6 Å². The number of benzene rings is 1. The van der Waals surface area contributed by atoms with Crippen molar-refractivity contribution in [3.05, 3.63) is 29.8 Å². The van der Waals surface area contributed by atoms with Crippen molar-refractivity contribution in [1.82, 2.24) is 4.90 Å². The van der Waals surface area contributed by atoms with E-state index in [2.05, 4.69) is 4.90 Å². The number of piperidine rings is 1. The number of carboxylic acids is 1. The molecule has 0 unspecified atom stereocenters. The van der Waals surface area contributed by atoms with Crippen molar-refractivity contribution in [1.29, 1.82) is 0 Å². The number of likely N-dealkylation sites (tertiary alicyclic amines) is 1. The smallest absolute Gasteiger partial charge is 0.300 e. The summed E-state index contributed by atoms with van der Waals surface area (Å²) in [5, 5.41) is 7.42. The zero-order valence-corrected chi connectivity index (χ0v) is 15.5. The number of rotatable bonds is 5. The molecule has 26 heavy (non-hydrogen) atoms. The van der Waals surface area contributed by atoms with Crippen LogP contribution in [0.1, 0.15) is 38.2 Å². The van der Waals surface area contributed by atoms with Gasteiger partial charge >= 0.3 is 0 Å². The highest BCUT2D eigenvalue weighted by molar-refractivity contribution is 5.79. The first-order valence-corrected chi connectivity index (χ1v) is 9.37. The van der Waals surface area contributed by atoms with Crippen molar-refractivity contribution >= 4 is 11.9 Å². The minimum atomic E-state index is -0.833. The molecule has 1 saturated heterocycles. The molecule has 1 saturated carbocycles. The number of nitrogens with two attached hydrogens (primary N) is 1. The lowest BCUT2D eigenvalue weighted by molar-refractivity contribution is -0.135. The van der Waals surface area contributed by atoms with E-state index >= 15 is 0 Å². The van der Waals surface area contributed by atoms with Crippen LogP contribution in [0.3, 0.4) is 0 Å². The second-order valence-electron chi connectivity index (χ2n) is 7.18. The summed E-state index contributed by atoms with van der Waals surface area (Å²) in [6, 6.07) is 7.81. The molecule has 0 spiro atoms. The Morgan fingerprint density at radius 1 is 1.27 bits per heavy atom. The van der Waals surface area contributed by atoms with Gasteiger partial charge in [-0.05, 0) is 48.8 Å². The van der Waals surface area contributed by atoms with Crippen molar-refractivity contribution in [2.24, 2.45) is 17.6 Å². The van der Waals surface area contributed by atoms with Gasteiger partial charge in [0.15, 0.2) is 0 Å². The predicted octanol–water partition coefficient (Wildman–Crippen LogP) is 2.31. The highest BCUT2D eigenvalue weighted by Crippen LogP contribution is 2.34. The molecule has 2 atom stereocenters. The number of nitrogens with zero attached hydrogens (tertiary/aromatic N) is 1. The molecule has 1 aromatic carbocycles. The van der Waals surface area contributed by atoms with Crippen molar-refractivity contribution in [3.63, 3.8) is 0 Å². The maximum absolute atomic E-state index is 12.6. The maximum Gasteiger partial charge on any atom is 0.300 e. The Hall–Kier alpha value is -2.08. The normalized spacial score (nSPS) is 21.4. The molecule has 6 heteroatoms. The summed E-state index contributed by atoms with van der Waals surface area (Å²) < 4.78 is 5.53. The Bertz CT molecular complexity index is 589. The van der Waals surface area contributed by atoms with Gasteiger partial charge in [-0.1, -0.05) is 18.6 Å². The number of hydrogen-bond donors (Lipinski definition) is 2. The second kappa shape index (κ2) is 10.2. The molecule has 0 aromatic heterocycles. The average molecular weight is 362 g/mol. The molecule has 3 rings (SSSR count). The third-order valence-corrected chi connectivity index (χ3v) is 4.84. The number of carbonyl (C=O) groups excluding carboxylic acids is 1. The van der Waals surface area contributed by atoms with Crippen LogP contribution in [0.2, 0.25) is 0 Å². The summed E-state index contributed by atoms with van der Waals surface area (Å²) in [7, 11) is 0. The lowest BCUT2D eigenvalue weighted by Crippen LogP contribution is -2.46. The summed E-state index contributed by atoms with van der Waals surface area (Å²) in [6.07, 6.45) is 5.73. The van der Waals surface area contributed by atoms with Crippen molar-refractivity contribution < 1.29 is 19.4 Å². The number of hydrogen-bond acceptors (Lipinski definition) is 4. The van der Waals surface area contributed by atoms with E-state index in [0.29, 0.717) is 19.6 Å². The van der Waals surface area contributed by atoms with Crippen LogP contribution < -0.4 is 10.5 Å². The topological polar surface area (TPSA) is 92.9 Å². The standard InChI is InChI=1S/C18H26N2O2.C2H4O2/c19-7-8-22-17-6-2-3-14(10-17)11-18(21)20-12-15-4-1-5-16(9-15)13-20;1-2(3)4/h2-3,6,10,15-16H,1,4-5,7-9,11-13,19H2;1H3,(H,3,4)/t15-,16-;/m0./s1. The lowest BCUT2D eigenvalue weighted by Gasteiger charge is -2.41. The minimum Gasteiger partial charge on any atom is -0.492 e. The highest BCUT2D eigenvalue weighted by atomic mass is 16.5. The third-order valence-electron chi connectivity index (χ3n) is 4.84. The van der Waals surface area contributed by atoms with E-state index in [4.69, 9.17) is 20.4 Å². The van der Waals surface area contributed by atoms with Gasteiger partial charge < -0.3 is 20.5 Å². The fourth-order valence-corrected chi connectivity index (χ4v) is 3.84. The van der Waals surface area contributed by atoms with Gasteiger partial charge in [0.05, 0.1) is 6.42 Å². The van der Waals surface area contributed by atoms with E-state index in [0.717, 1.165) is 43.2 Å². The van der Waals surface area contributed by atoms with Crippen LogP contribution in [-0.4, -0.2) is 48.1 Å². The average Bonchev–Trinajstić information content (AvgIpc) is 2.59. The second-order valence-corrected chi connectivity index (χ2v) is 7.18. The number of ether oxygens (including phenoxy) is 1. The fraction of sp³-hybridized carbons (Fsp3) is 0.600. The Morgan fingerprint density at radius 2 is 1.92 bits per heavy atom. The van der Waals surface area contributed by atoms with Crippen molar-refractivity contribution in [2.75, 3.05) is 26.2 Å². The van der Waals surface area contributed by atoms with E-state index in [9.17, 15) is 4.79 Å². The van der Waals surface area contributed by atoms with Gasteiger partial charge in [0.2, 0.25) is 5.91 Å². The van der Waals surface area contributed by atoms with E-state index in [-0.39, 0.29) is 5.91 Å². The van der Waals surface area contributed by atoms with Crippen molar-refractivity contribution in [2.45, 2.75) is 39.0 Å². The zero-order chi connectivity index (χ0) is 18.9. The van der Waals surface area contributed by atoms with Crippen LogP contribution in [0.4, 0.5) is 0 Å². The minimum absolute atomic E-state index is 0.257. The van der Waals surface area contributed by atoms with Gasteiger partial charge in [0.25, 0.3) is 5.97 Å². The molecule has 6 nitrogen and oxygen atoms in total. The number of carboxylic acid groups (broad SMARTS) is 1. The summed E-state index contributed by atoms with van der Waals surface area (Å²) in [4.78, 5) is 23.7. The fourth-order valence-electron chi connectivity index (χ4n) is 3.84. The zero-order valence-electron chi connectivity index (χ0n) is 15.5. The largest absolute Gasteiger partial charge is 0.492 e. The number of carbonyl (C=O) groups is 2. The summed E-state index contributed by atoms with van der Waals surface area (Å²) in [6.45, 7) is 4.00. The number of amides is 1. The Balaban J connectivity index is 0.000000552. The molecule has 2 fully saturated rings. The first kappa shape index (κ1) is 20.2. The molecule has 1 aliphatic heterocycles. The Labute approximate surface area is 155 Å². The monoisotopic (exact) mass is 362 g/mol. The molecular weight excluding hydrogens is 332 g/mol. The Kier molecular flexibility index (Phi) is 7.91. The number of aliphatic carboxylic acids is 1. The van der Waals surface area contributed by atoms with Gasteiger partial charge in [-0.3, -0.25) is 9.59 Å². The summed E-state index contributed by atoms with van der Waals surface area (Å²) >= 11 is 0. The van der Waals surface area contributed by atoms with Gasteiger partial charge in [-0.2, -0.15) is 0 Å². The predicted molar refractivity (Wildman–Crippen MR) is 100 cm³/mol. The molecule has 1 aromatic rings. The van der Waals surface area contributed by atoms with Crippen molar-refractivity contribution in [3.8, 4) is 5.75 Å². The van der Waals surface area contributed by atoms with Gasteiger partial charge in [-0.15, -0.1) is 0 Å². The van der Waals surface area contributed by atoms with Crippen LogP contribution in [0.15, 0.2) is 24.3 Å². The van der Waals surface area contributed by atoms with Gasteiger partial charge in [-0.25, -0.2) is 0 Å². The molecule has 2 bridgehead atoms. The molecular formula is C20H30N2O4. The highest BCUT2D eigenvalue weighted by Gasteiger charge is 2.32. The molecule has 3 N–H and O–H groups in total. The molecule has 1 aliphatic carbocycles. The SMILES string of the molecule is CC(=O)O.NCCOc1cccc(CC(=O)N2C[C@H]3CCC[C@@H](C3)C2)c1. The molecule has 0 radical (unpaired) electrons. The van der Waals surface area contributed by atoms with Gasteiger partial charge in [0.1, 0.15) is 12.4 Å². The first-order chi connectivity index (χ1) is 12.5. The van der Waals surface area contributed by atoms with Crippen LogP contribution in [0, 0.1) is 11.8 Å². The number of fused-ring (bicyclic) bond motifs is 2. The van der Waals surface area contributed by atoms with Crippen LogP contribution >= 0.6 is 0 Å². The van der Waals surface area contributed by atoms with Crippen LogP contribution in [-0.2, 0) is 16.0 Å². The third kappa shape index (κ3) is 6.67. The van der Waals surface area contributed by atoms with E-state index in [1.807, 2.05) is 24.3 Å². The van der Waals surface area contributed by atoms with E-state index < -0.39 is 5.97 Å². The van der Waals surface area contributed by atoms with Crippen LogP contribution in [0.5, 0.6) is 5.75 Å². The maximum atomic E-state index is 12.6. The lowest BCUT2D eigenvalue weighted by atomic mass is 9.78. The molecule has 1 amide bonds. The molecule has 2 aliphatic rings. The van der Waals surface area contributed by atoms with E-state index in [1.54, 1.807) is 0 Å². The van der Waals surface area contributed by atoms with Crippen LogP contribution in [0.25, 0.3) is 0 Å². The first-order valence-electron chi connectivity index (χ1n) is 9.37. The summed E-state index contributed by atoms with van der Waals surface area (Å²) in [5.41, 5.74) is 6.47. The summed E-state index contributed by atoms with van der Waals surface area (Å²) in [5.74, 6) is 1.69. The molecule has 1 heterocycles.